The van der Waals surface area contributed by atoms with E-state index in [4.69, 9.17) is 10.00 Å². The Morgan fingerprint density at radius 3 is 2.62 bits per heavy atom. The minimum absolute atomic E-state index is 0.244. The summed E-state index contributed by atoms with van der Waals surface area (Å²) in [5.41, 5.74) is 0. The van der Waals surface area contributed by atoms with Gasteiger partial charge in [-0.2, -0.15) is 5.26 Å². The molecule has 1 saturated heterocycles. The largest absolute Gasteiger partial charge is 0.381 e. The first-order valence-corrected chi connectivity index (χ1v) is 6.61. The highest BCUT2D eigenvalue weighted by molar-refractivity contribution is 4.94. The molecule has 0 aromatic heterocycles. The van der Waals surface area contributed by atoms with Crippen LogP contribution in [-0.4, -0.2) is 25.8 Å². The molecular formula is C13H22N2O. The fourth-order valence-corrected chi connectivity index (χ4v) is 2.80. The van der Waals surface area contributed by atoms with Crippen molar-refractivity contribution in [2.75, 3.05) is 19.8 Å². The summed E-state index contributed by atoms with van der Waals surface area (Å²) in [6.45, 7) is 2.91. The van der Waals surface area contributed by atoms with Crippen molar-refractivity contribution in [2.24, 2.45) is 11.8 Å². The first-order valence-electron chi connectivity index (χ1n) is 6.61. The monoisotopic (exact) mass is 222 g/mol. The Kier molecular flexibility index (Phi) is 4.62. The predicted molar refractivity (Wildman–Crippen MR) is 62.9 cm³/mol. The van der Waals surface area contributed by atoms with Crippen LogP contribution in [0.4, 0.5) is 0 Å². The molecule has 1 saturated carbocycles. The maximum Gasteiger partial charge on any atom is 0.0672 e. The highest BCUT2D eigenvalue weighted by atomic mass is 16.5. The molecular weight excluding hydrogens is 200 g/mol. The molecule has 0 radical (unpaired) electrons. The van der Waals surface area contributed by atoms with E-state index in [0.717, 1.165) is 32.1 Å². The van der Waals surface area contributed by atoms with Crippen molar-refractivity contribution in [2.45, 2.75) is 44.6 Å². The van der Waals surface area contributed by atoms with E-state index in [-0.39, 0.29) is 5.92 Å². The molecule has 3 nitrogen and oxygen atoms in total. The summed E-state index contributed by atoms with van der Waals surface area (Å²) >= 11 is 0. The number of rotatable bonds is 3. The summed E-state index contributed by atoms with van der Waals surface area (Å²) in [5.74, 6) is 1.00. The van der Waals surface area contributed by atoms with Gasteiger partial charge in [-0.05, 0) is 38.1 Å². The van der Waals surface area contributed by atoms with Gasteiger partial charge in [0, 0.05) is 19.3 Å². The number of nitrogens with zero attached hydrogens (tertiary/aromatic N) is 1. The Morgan fingerprint density at radius 1 is 1.12 bits per heavy atom. The van der Waals surface area contributed by atoms with Crippen molar-refractivity contribution >= 4 is 0 Å². The molecule has 3 heteroatoms. The summed E-state index contributed by atoms with van der Waals surface area (Å²) < 4.78 is 5.35. The third kappa shape index (κ3) is 3.20. The van der Waals surface area contributed by atoms with Crippen LogP contribution in [-0.2, 0) is 4.74 Å². The maximum atomic E-state index is 9.09. The van der Waals surface area contributed by atoms with E-state index < -0.39 is 0 Å². The minimum atomic E-state index is 0.244. The Hall–Kier alpha value is -0.590. The number of nitriles is 1. The molecule has 0 amide bonds. The summed E-state index contributed by atoms with van der Waals surface area (Å²) in [4.78, 5) is 0. The highest BCUT2D eigenvalue weighted by Gasteiger charge is 2.25. The molecule has 2 rings (SSSR count). The van der Waals surface area contributed by atoms with Crippen LogP contribution in [0.5, 0.6) is 0 Å². The van der Waals surface area contributed by atoms with Crippen LogP contribution in [0.1, 0.15) is 38.5 Å². The fourth-order valence-electron chi connectivity index (χ4n) is 2.80. The van der Waals surface area contributed by atoms with Crippen molar-refractivity contribution in [1.82, 2.24) is 5.32 Å². The lowest BCUT2D eigenvalue weighted by molar-refractivity contribution is 0.0645. The van der Waals surface area contributed by atoms with Gasteiger partial charge in [0.25, 0.3) is 0 Å². The van der Waals surface area contributed by atoms with Gasteiger partial charge in [0.2, 0.25) is 0 Å². The third-order valence-corrected chi connectivity index (χ3v) is 3.94. The van der Waals surface area contributed by atoms with Crippen LogP contribution in [0.3, 0.4) is 0 Å². The molecule has 2 aliphatic rings. The van der Waals surface area contributed by atoms with Crippen LogP contribution < -0.4 is 5.32 Å². The Balaban J connectivity index is 1.73. The molecule has 1 heterocycles. The molecule has 0 aromatic rings. The van der Waals surface area contributed by atoms with E-state index in [1.807, 2.05) is 0 Å². The molecule has 1 aliphatic heterocycles. The number of ether oxygens (including phenoxy) is 1. The molecule has 16 heavy (non-hydrogen) atoms. The van der Waals surface area contributed by atoms with Crippen LogP contribution >= 0.6 is 0 Å². The summed E-state index contributed by atoms with van der Waals surface area (Å²) in [7, 11) is 0. The van der Waals surface area contributed by atoms with E-state index in [2.05, 4.69) is 11.4 Å². The zero-order chi connectivity index (χ0) is 11.2. The van der Waals surface area contributed by atoms with Gasteiger partial charge in [-0.1, -0.05) is 12.8 Å². The Bertz CT molecular complexity index is 243. The summed E-state index contributed by atoms with van der Waals surface area (Å²) in [6.07, 6.45) is 7.13. The zero-order valence-corrected chi connectivity index (χ0v) is 9.95. The molecule has 1 N–H and O–H groups in total. The third-order valence-electron chi connectivity index (χ3n) is 3.94. The van der Waals surface area contributed by atoms with Crippen LogP contribution in [0.25, 0.3) is 0 Å². The first-order chi connectivity index (χ1) is 7.90. The van der Waals surface area contributed by atoms with E-state index in [9.17, 15) is 0 Å². The van der Waals surface area contributed by atoms with Crippen molar-refractivity contribution in [3.8, 4) is 6.07 Å². The number of hydrogen-bond acceptors (Lipinski definition) is 3. The second kappa shape index (κ2) is 6.22. The van der Waals surface area contributed by atoms with E-state index >= 15 is 0 Å². The summed E-state index contributed by atoms with van der Waals surface area (Å²) in [5, 5.41) is 12.7. The van der Waals surface area contributed by atoms with Gasteiger partial charge in [-0.3, -0.25) is 0 Å². The lowest BCUT2D eigenvalue weighted by Crippen LogP contribution is -2.41. The standard InChI is InChI=1S/C13H22N2O/c14-9-12-3-1-2-4-13(12)15-10-11-5-7-16-8-6-11/h11-13,15H,1-8,10H2. The van der Waals surface area contributed by atoms with Crippen LogP contribution in [0, 0.1) is 23.2 Å². The van der Waals surface area contributed by atoms with Gasteiger partial charge < -0.3 is 10.1 Å². The Labute approximate surface area is 98.2 Å². The van der Waals surface area contributed by atoms with Crippen LogP contribution in [0.15, 0.2) is 0 Å². The number of nitrogens with one attached hydrogen (secondary N) is 1. The van der Waals surface area contributed by atoms with Crippen molar-refractivity contribution in [3.05, 3.63) is 0 Å². The lowest BCUT2D eigenvalue weighted by Gasteiger charge is -2.30. The van der Waals surface area contributed by atoms with Crippen molar-refractivity contribution in [3.63, 3.8) is 0 Å². The fraction of sp³-hybridized carbons (Fsp3) is 0.923. The Morgan fingerprint density at radius 2 is 1.88 bits per heavy atom. The smallest absolute Gasteiger partial charge is 0.0672 e. The van der Waals surface area contributed by atoms with Gasteiger partial charge in [-0.15, -0.1) is 0 Å². The van der Waals surface area contributed by atoms with Gasteiger partial charge in [-0.25, -0.2) is 0 Å². The summed E-state index contributed by atoms with van der Waals surface area (Å²) in [6, 6.07) is 2.90. The lowest BCUT2D eigenvalue weighted by atomic mass is 9.85. The first kappa shape index (κ1) is 11.9. The molecule has 2 unspecified atom stereocenters. The molecule has 0 aromatic carbocycles. The molecule has 1 aliphatic carbocycles. The quantitative estimate of drug-likeness (QED) is 0.795. The van der Waals surface area contributed by atoms with E-state index in [1.54, 1.807) is 0 Å². The van der Waals surface area contributed by atoms with Crippen molar-refractivity contribution in [1.29, 1.82) is 5.26 Å². The van der Waals surface area contributed by atoms with Gasteiger partial charge in [0.15, 0.2) is 0 Å². The van der Waals surface area contributed by atoms with Gasteiger partial charge in [0.05, 0.1) is 12.0 Å². The highest BCUT2D eigenvalue weighted by Crippen LogP contribution is 2.24. The van der Waals surface area contributed by atoms with Crippen molar-refractivity contribution < 1.29 is 4.74 Å². The predicted octanol–water partition coefficient (Wildman–Crippen LogP) is 2.08. The van der Waals surface area contributed by atoms with Gasteiger partial charge >= 0.3 is 0 Å². The van der Waals surface area contributed by atoms with Gasteiger partial charge in [0.1, 0.15) is 0 Å². The topological polar surface area (TPSA) is 45.0 Å². The normalized spacial score (nSPS) is 32.2. The van der Waals surface area contributed by atoms with E-state index in [0.29, 0.717) is 6.04 Å². The minimum Gasteiger partial charge on any atom is -0.381 e. The molecule has 90 valence electrons. The average Bonchev–Trinajstić information content (AvgIpc) is 2.38. The zero-order valence-electron chi connectivity index (χ0n) is 9.95. The molecule has 2 fully saturated rings. The molecule has 2 atom stereocenters. The second-order valence-electron chi connectivity index (χ2n) is 5.09. The second-order valence-corrected chi connectivity index (χ2v) is 5.09. The number of hydrogen-bond donors (Lipinski definition) is 1. The SMILES string of the molecule is N#CC1CCCCC1NCC1CCOCC1. The average molecular weight is 222 g/mol. The maximum absolute atomic E-state index is 9.09. The van der Waals surface area contributed by atoms with Crippen LogP contribution in [0.2, 0.25) is 0 Å². The molecule has 0 spiro atoms. The van der Waals surface area contributed by atoms with E-state index in [1.165, 1.54) is 32.1 Å². The molecule has 0 bridgehead atoms.